The summed E-state index contributed by atoms with van der Waals surface area (Å²) in [4.78, 5) is 36.3. The molecule has 1 aromatic heterocycles. The standard InChI is InChI=1S/C17H19ClN2O4/c1-10(2)20-16(22)14(13-6-5-7-15(18)11(13)3)8-19(17(20)23)9-24-12(4)21/h5-8,10H,9H2,1-4H3. The molecule has 1 aromatic carbocycles. The highest BCUT2D eigenvalue weighted by Gasteiger charge is 2.17. The summed E-state index contributed by atoms with van der Waals surface area (Å²) in [6, 6.07) is 4.90. The van der Waals surface area contributed by atoms with Gasteiger partial charge in [-0.25, -0.2) is 4.79 Å². The molecule has 0 saturated carbocycles. The second-order valence-electron chi connectivity index (χ2n) is 5.74. The van der Waals surface area contributed by atoms with Gasteiger partial charge in [-0.15, -0.1) is 0 Å². The molecule has 0 N–H and O–H groups in total. The number of carbonyl (C=O) groups excluding carboxylic acids is 1. The van der Waals surface area contributed by atoms with Gasteiger partial charge in [0, 0.05) is 24.2 Å². The number of esters is 1. The Kier molecular flexibility index (Phi) is 5.29. The van der Waals surface area contributed by atoms with Crippen LogP contribution in [0, 0.1) is 6.92 Å². The summed E-state index contributed by atoms with van der Waals surface area (Å²) in [5, 5.41) is 0.528. The molecule has 128 valence electrons. The maximum Gasteiger partial charge on any atom is 0.333 e. The number of rotatable bonds is 4. The fourth-order valence-electron chi connectivity index (χ4n) is 2.41. The van der Waals surface area contributed by atoms with E-state index in [2.05, 4.69) is 0 Å². The van der Waals surface area contributed by atoms with Crippen LogP contribution in [0.3, 0.4) is 0 Å². The average molecular weight is 351 g/mol. The van der Waals surface area contributed by atoms with Crippen LogP contribution in [0.2, 0.25) is 5.02 Å². The molecule has 24 heavy (non-hydrogen) atoms. The van der Waals surface area contributed by atoms with Crippen molar-refractivity contribution < 1.29 is 9.53 Å². The summed E-state index contributed by atoms with van der Waals surface area (Å²) < 4.78 is 7.26. The van der Waals surface area contributed by atoms with Gasteiger partial charge in [0.2, 0.25) is 0 Å². The van der Waals surface area contributed by atoms with Gasteiger partial charge in [-0.3, -0.25) is 18.7 Å². The largest absolute Gasteiger partial charge is 0.444 e. The Bertz CT molecular complexity index is 896. The van der Waals surface area contributed by atoms with Crippen LogP contribution in [-0.4, -0.2) is 15.1 Å². The highest BCUT2D eigenvalue weighted by molar-refractivity contribution is 6.31. The van der Waals surface area contributed by atoms with Gasteiger partial charge in [0.25, 0.3) is 5.56 Å². The minimum atomic E-state index is -0.528. The Hall–Kier alpha value is -2.34. The maximum absolute atomic E-state index is 12.8. The van der Waals surface area contributed by atoms with Crippen LogP contribution in [-0.2, 0) is 16.3 Å². The average Bonchev–Trinajstić information content (AvgIpc) is 2.49. The van der Waals surface area contributed by atoms with Crippen molar-refractivity contribution in [2.75, 3.05) is 0 Å². The normalized spacial score (nSPS) is 10.9. The highest BCUT2D eigenvalue weighted by Crippen LogP contribution is 2.26. The van der Waals surface area contributed by atoms with Gasteiger partial charge in [-0.05, 0) is 38.0 Å². The lowest BCUT2D eigenvalue weighted by Crippen LogP contribution is -2.41. The van der Waals surface area contributed by atoms with Gasteiger partial charge in [0.1, 0.15) is 0 Å². The topological polar surface area (TPSA) is 70.3 Å². The Morgan fingerprint density at radius 1 is 1.25 bits per heavy atom. The molecule has 0 aliphatic rings. The lowest BCUT2D eigenvalue weighted by Gasteiger charge is -2.16. The smallest absolute Gasteiger partial charge is 0.333 e. The van der Waals surface area contributed by atoms with E-state index in [9.17, 15) is 14.4 Å². The second kappa shape index (κ2) is 7.05. The SMILES string of the molecule is CC(=O)OCn1cc(-c2cccc(Cl)c2C)c(=O)n(C(C)C)c1=O. The molecule has 0 amide bonds. The number of carbonyl (C=O) groups is 1. The second-order valence-corrected chi connectivity index (χ2v) is 6.15. The Labute approximate surface area is 144 Å². The van der Waals surface area contributed by atoms with Crippen molar-refractivity contribution in [2.24, 2.45) is 0 Å². The first kappa shape index (κ1) is 18.0. The zero-order valence-electron chi connectivity index (χ0n) is 14.0. The lowest BCUT2D eigenvalue weighted by atomic mass is 10.0. The summed E-state index contributed by atoms with van der Waals surface area (Å²) in [5.41, 5.74) is 0.775. The lowest BCUT2D eigenvalue weighted by molar-refractivity contribution is -0.144. The number of benzene rings is 1. The third-order valence-electron chi connectivity index (χ3n) is 3.67. The van der Waals surface area contributed by atoms with Crippen molar-refractivity contribution >= 4 is 17.6 Å². The third kappa shape index (κ3) is 3.43. The number of ether oxygens (including phenoxy) is 1. The van der Waals surface area contributed by atoms with Crippen molar-refractivity contribution in [3.05, 3.63) is 55.8 Å². The zero-order valence-corrected chi connectivity index (χ0v) is 14.8. The molecule has 6 nitrogen and oxygen atoms in total. The molecule has 0 spiro atoms. The van der Waals surface area contributed by atoms with E-state index in [0.29, 0.717) is 16.1 Å². The molecule has 0 atom stereocenters. The molecule has 2 rings (SSSR count). The third-order valence-corrected chi connectivity index (χ3v) is 4.08. The Morgan fingerprint density at radius 3 is 2.50 bits per heavy atom. The fraction of sp³-hybridized carbons (Fsp3) is 0.353. The van der Waals surface area contributed by atoms with Crippen LogP contribution >= 0.6 is 11.6 Å². The molecule has 0 aliphatic carbocycles. The van der Waals surface area contributed by atoms with E-state index < -0.39 is 17.2 Å². The number of aromatic nitrogens is 2. The van der Waals surface area contributed by atoms with E-state index in [1.165, 1.54) is 17.7 Å². The van der Waals surface area contributed by atoms with E-state index in [0.717, 1.165) is 10.1 Å². The minimum absolute atomic E-state index is 0.256. The molecular weight excluding hydrogens is 332 g/mol. The quantitative estimate of drug-likeness (QED) is 0.795. The van der Waals surface area contributed by atoms with Crippen LogP contribution in [0.4, 0.5) is 0 Å². The molecule has 0 radical (unpaired) electrons. The highest BCUT2D eigenvalue weighted by atomic mass is 35.5. The Balaban J connectivity index is 2.76. The fourth-order valence-corrected chi connectivity index (χ4v) is 2.59. The van der Waals surface area contributed by atoms with Gasteiger partial charge < -0.3 is 4.74 Å². The number of nitrogens with zero attached hydrogens (tertiary/aromatic N) is 2. The summed E-state index contributed by atoms with van der Waals surface area (Å²) in [7, 11) is 0. The molecule has 1 heterocycles. The predicted octanol–water partition coefficient (Wildman–Crippen LogP) is 2.74. The van der Waals surface area contributed by atoms with Gasteiger partial charge >= 0.3 is 11.7 Å². The first-order valence-corrected chi connectivity index (χ1v) is 7.86. The molecule has 7 heteroatoms. The number of halogens is 1. The maximum atomic E-state index is 12.8. The molecule has 0 unspecified atom stereocenters. The van der Waals surface area contributed by atoms with Gasteiger partial charge in [-0.1, -0.05) is 23.7 Å². The zero-order chi connectivity index (χ0) is 18.0. The summed E-state index contributed by atoms with van der Waals surface area (Å²) >= 11 is 6.15. The molecule has 2 aromatic rings. The van der Waals surface area contributed by atoms with Crippen LogP contribution in [0.1, 0.15) is 32.4 Å². The van der Waals surface area contributed by atoms with Crippen LogP contribution < -0.4 is 11.2 Å². The van der Waals surface area contributed by atoms with Gasteiger partial charge in [-0.2, -0.15) is 0 Å². The van der Waals surface area contributed by atoms with E-state index in [1.807, 2.05) is 0 Å². The van der Waals surface area contributed by atoms with E-state index in [-0.39, 0.29) is 12.8 Å². The van der Waals surface area contributed by atoms with E-state index >= 15 is 0 Å². The Morgan fingerprint density at radius 2 is 1.92 bits per heavy atom. The van der Waals surface area contributed by atoms with Crippen molar-refractivity contribution in [3.8, 4) is 11.1 Å². The van der Waals surface area contributed by atoms with E-state index in [1.54, 1.807) is 39.0 Å². The molecule has 0 fully saturated rings. The molecular formula is C17H19ClN2O4. The molecule has 0 saturated heterocycles. The first-order valence-electron chi connectivity index (χ1n) is 7.48. The van der Waals surface area contributed by atoms with Crippen molar-refractivity contribution in [1.82, 2.24) is 9.13 Å². The minimum Gasteiger partial charge on any atom is -0.444 e. The van der Waals surface area contributed by atoms with Crippen LogP contribution in [0.5, 0.6) is 0 Å². The molecule has 0 bridgehead atoms. The van der Waals surface area contributed by atoms with Crippen molar-refractivity contribution in [3.63, 3.8) is 0 Å². The van der Waals surface area contributed by atoms with Gasteiger partial charge in [0.05, 0.1) is 5.56 Å². The van der Waals surface area contributed by atoms with Crippen molar-refractivity contribution in [1.29, 1.82) is 0 Å². The van der Waals surface area contributed by atoms with Gasteiger partial charge in [0.15, 0.2) is 6.73 Å². The summed E-state index contributed by atoms with van der Waals surface area (Å²) in [6.07, 6.45) is 1.41. The predicted molar refractivity (Wildman–Crippen MR) is 92.3 cm³/mol. The van der Waals surface area contributed by atoms with Crippen LogP contribution in [0.25, 0.3) is 11.1 Å². The monoisotopic (exact) mass is 350 g/mol. The number of hydrogen-bond acceptors (Lipinski definition) is 4. The number of hydrogen-bond donors (Lipinski definition) is 0. The first-order chi connectivity index (χ1) is 11.2. The van der Waals surface area contributed by atoms with Crippen LogP contribution in [0.15, 0.2) is 34.0 Å². The summed E-state index contributed by atoms with van der Waals surface area (Å²) in [6.45, 7) is 6.29. The van der Waals surface area contributed by atoms with Crippen molar-refractivity contribution in [2.45, 2.75) is 40.5 Å². The summed E-state index contributed by atoms with van der Waals surface area (Å²) in [5.74, 6) is -0.510. The van der Waals surface area contributed by atoms with E-state index in [4.69, 9.17) is 16.3 Å². The molecule has 0 aliphatic heterocycles.